The smallest absolute Gasteiger partial charge is 0.228 e. The minimum atomic E-state index is -2.24. The lowest BCUT2D eigenvalue weighted by Crippen LogP contribution is -2.15. The number of carbonyl (C=O) groups is 1. The molecule has 0 saturated heterocycles. The van der Waals surface area contributed by atoms with Crippen molar-refractivity contribution in [3.05, 3.63) is 0 Å². The number of nitrogens with one attached hydrogen (secondary N) is 2. The Hall–Kier alpha value is -0.580. The van der Waals surface area contributed by atoms with Gasteiger partial charge >= 0.3 is 0 Å². The van der Waals surface area contributed by atoms with Crippen LogP contribution >= 0.6 is 0 Å². The summed E-state index contributed by atoms with van der Waals surface area (Å²) in [6.45, 7) is 1.21. The van der Waals surface area contributed by atoms with E-state index in [0.717, 1.165) is 0 Å². The maximum atomic E-state index is 9.84. The SMILES string of the molecule is CC(=O)N[SH](=N)=O. The van der Waals surface area contributed by atoms with Crippen LogP contribution in [0.4, 0.5) is 0 Å². The number of hydrogen-bond donors (Lipinski definition) is 3. The van der Waals surface area contributed by atoms with Crippen molar-refractivity contribution in [3.63, 3.8) is 0 Å². The van der Waals surface area contributed by atoms with E-state index in [-0.39, 0.29) is 0 Å². The average molecular weight is 122 g/mol. The van der Waals surface area contributed by atoms with E-state index < -0.39 is 16.7 Å². The predicted molar refractivity (Wildman–Crippen MR) is 26.1 cm³/mol. The molecular weight excluding hydrogens is 116 g/mol. The summed E-state index contributed by atoms with van der Waals surface area (Å²) >= 11 is 0. The molecular formula is C2H6N2O2S. The lowest BCUT2D eigenvalue weighted by molar-refractivity contribution is -0.117. The molecule has 1 atom stereocenters. The van der Waals surface area contributed by atoms with Crippen LogP contribution in [0.3, 0.4) is 0 Å². The monoisotopic (exact) mass is 122 g/mol. The molecule has 0 aliphatic rings. The van der Waals surface area contributed by atoms with Gasteiger partial charge in [-0.1, -0.05) is 0 Å². The zero-order chi connectivity index (χ0) is 5.86. The van der Waals surface area contributed by atoms with Gasteiger partial charge in [0.2, 0.25) is 5.91 Å². The molecule has 0 aromatic rings. The summed E-state index contributed by atoms with van der Waals surface area (Å²) in [5, 5.41) is 0. The summed E-state index contributed by atoms with van der Waals surface area (Å²) in [5.74, 6) is -0.434. The molecule has 1 amide bonds. The molecule has 0 bridgehead atoms. The fourth-order valence-electron chi connectivity index (χ4n) is 0.143. The van der Waals surface area contributed by atoms with Crippen LogP contribution in [-0.4, -0.2) is 10.1 Å². The van der Waals surface area contributed by atoms with Gasteiger partial charge in [-0.15, -0.1) is 0 Å². The largest absolute Gasteiger partial charge is 0.274 e. The second kappa shape index (κ2) is 2.57. The molecule has 0 spiro atoms. The third-order valence-corrected chi connectivity index (χ3v) is 0.777. The summed E-state index contributed by atoms with van der Waals surface area (Å²) in [5.41, 5.74) is 0. The van der Waals surface area contributed by atoms with Crippen molar-refractivity contribution in [1.82, 2.24) is 4.72 Å². The summed E-state index contributed by atoms with van der Waals surface area (Å²) in [6, 6.07) is 0. The van der Waals surface area contributed by atoms with Crippen molar-refractivity contribution in [2.45, 2.75) is 6.92 Å². The van der Waals surface area contributed by atoms with E-state index in [0.29, 0.717) is 0 Å². The minimum Gasteiger partial charge on any atom is -0.274 e. The van der Waals surface area contributed by atoms with Gasteiger partial charge in [-0.3, -0.25) is 9.52 Å². The van der Waals surface area contributed by atoms with E-state index in [2.05, 4.69) is 0 Å². The molecule has 42 valence electrons. The molecule has 2 N–H and O–H groups in total. The molecule has 0 saturated carbocycles. The molecule has 0 aliphatic carbocycles. The van der Waals surface area contributed by atoms with Crippen molar-refractivity contribution in [2.75, 3.05) is 0 Å². The van der Waals surface area contributed by atoms with Crippen molar-refractivity contribution in [3.8, 4) is 0 Å². The first-order valence-corrected chi connectivity index (χ1v) is 2.84. The lowest BCUT2D eigenvalue weighted by Gasteiger charge is -1.84. The molecule has 0 radical (unpaired) electrons. The fourth-order valence-corrected chi connectivity index (χ4v) is 0.429. The molecule has 0 aliphatic heterocycles. The molecule has 4 nitrogen and oxygen atoms in total. The maximum absolute atomic E-state index is 9.84. The predicted octanol–water partition coefficient (Wildman–Crippen LogP) is -0.719. The molecule has 0 aromatic heterocycles. The highest BCUT2D eigenvalue weighted by Crippen LogP contribution is 1.56. The van der Waals surface area contributed by atoms with Crippen LogP contribution in [0.25, 0.3) is 0 Å². The van der Waals surface area contributed by atoms with E-state index >= 15 is 0 Å². The normalized spacial score (nSPS) is 12.7. The lowest BCUT2D eigenvalue weighted by atomic mass is 10.8. The fraction of sp³-hybridized carbons (Fsp3) is 0.500. The highest BCUT2D eigenvalue weighted by molar-refractivity contribution is 7.72. The quantitative estimate of drug-likeness (QED) is 0.402. The van der Waals surface area contributed by atoms with Gasteiger partial charge < -0.3 is 0 Å². The van der Waals surface area contributed by atoms with E-state index in [4.69, 9.17) is 4.78 Å². The molecule has 5 heteroatoms. The Balaban J connectivity index is 3.53. The third-order valence-electron chi connectivity index (χ3n) is 0.259. The molecule has 7 heavy (non-hydrogen) atoms. The van der Waals surface area contributed by atoms with Gasteiger partial charge in [0.05, 0.1) is 0 Å². The first-order chi connectivity index (χ1) is 3.13. The third kappa shape index (κ3) is 5.42. The zero-order valence-corrected chi connectivity index (χ0v) is 4.66. The average Bonchev–Trinajstić information content (AvgIpc) is 1.27. The number of amides is 1. The standard InChI is InChI=1S/C2H6N2O2S/c1-2(5)4-7(3)6/h7H,1H3,(H2,3,4,5,6). The van der Waals surface area contributed by atoms with Gasteiger partial charge in [-0.2, -0.15) is 0 Å². The Morgan fingerprint density at radius 1 is 1.86 bits per heavy atom. The zero-order valence-electron chi connectivity index (χ0n) is 3.76. The number of carbonyl (C=O) groups excluding carboxylic acids is 1. The van der Waals surface area contributed by atoms with Gasteiger partial charge in [-0.25, -0.2) is 8.99 Å². The Bertz CT molecular complexity index is 131. The summed E-state index contributed by atoms with van der Waals surface area (Å²) in [4.78, 5) is 9.84. The molecule has 0 heterocycles. The summed E-state index contributed by atoms with van der Waals surface area (Å²) in [7, 11) is -2.24. The first-order valence-electron chi connectivity index (χ1n) is 1.58. The Morgan fingerprint density at radius 2 is 2.29 bits per heavy atom. The van der Waals surface area contributed by atoms with Gasteiger partial charge in [0.25, 0.3) is 0 Å². The second-order valence-corrected chi connectivity index (χ2v) is 1.77. The van der Waals surface area contributed by atoms with E-state index in [1.807, 2.05) is 4.72 Å². The van der Waals surface area contributed by atoms with Gasteiger partial charge in [0, 0.05) is 6.92 Å². The topological polar surface area (TPSA) is 70.0 Å². The number of thiol groups is 1. The first kappa shape index (κ1) is 6.42. The second-order valence-electron chi connectivity index (χ2n) is 0.962. The molecule has 0 aromatic carbocycles. The number of rotatable bonds is 1. The van der Waals surface area contributed by atoms with Gasteiger partial charge in [0.15, 0.2) is 0 Å². The summed E-state index contributed by atoms with van der Waals surface area (Å²) in [6.07, 6.45) is 0. The Morgan fingerprint density at radius 3 is 2.29 bits per heavy atom. The number of hydrogen-bond acceptors (Lipinski definition) is 3. The van der Waals surface area contributed by atoms with Crippen LogP contribution in [0.5, 0.6) is 0 Å². The maximum Gasteiger partial charge on any atom is 0.228 e. The Labute approximate surface area is 43.1 Å². The molecule has 1 unspecified atom stereocenters. The van der Waals surface area contributed by atoms with E-state index in [1.54, 1.807) is 0 Å². The van der Waals surface area contributed by atoms with Crippen molar-refractivity contribution >= 4 is 16.7 Å². The molecule has 0 fully saturated rings. The van der Waals surface area contributed by atoms with Crippen LogP contribution in [0.15, 0.2) is 0 Å². The van der Waals surface area contributed by atoms with Crippen molar-refractivity contribution in [1.29, 1.82) is 4.78 Å². The van der Waals surface area contributed by atoms with Gasteiger partial charge in [-0.05, 0) is 0 Å². The van der Waals surface area contributed by atoms with Crippen LogP contribution in [-0.2, 0) is 15.6 Å². The van der Waals surface area contributed by atoms with Crippen LogP contribution in [0, 0.1) is 4.78 Å². The highest BCUT2D eigenvalue weighted by Gasteiger charge is 1.82. The van der Waals surface area contributed by atoms with Crippen LogP contribution in [0.2, 0.25) is 0 Å². The van der Waals surface area contributed by atoms with Crippen LogP contribution in [0.1, 0.15) is 6.92 Å². The van der Waals surface area contributed by atoms with Crippen LogP contribution < -0.4 is 4.72 Å². The van der Waals surface area contributed by atoms with Crippen molar-refractivity contribution in [2.24, 2.45) is 0 Å². The van der Waals surface area contributed by atoms with E-state index in [9.17, 15) is 9.00 Å². The van der Waals surface area contributed by atoms with Gasteiger partial charge in [0.1, 0.15) is 10.8 Å². The van der Waals surface area contributed by atoms with E-state index in [1.165, 1.54) is 6.92 Å². The highest BCUT2D eigenvalue weighted by atomic mass is 32.2. The minimum absolute atomic E-state index is 0.434. The van der Waals surface area contributed by atoms with Crippen molar-refractivity contribution < 1.29 is 9.00 Å². The summed E-state index contributed by atoms with van der Waals surface area (Å²) < 4.78 is 17.9. The molecule has 0 rings (SSSR count). The Kier molecular flexibility index (Phi) is 2.36.